The van der Waals surface area contributed by atoms with Gasteiger partial charge in [-0.05, 0) is 13.3 Å². The van der Waals surface area contributed by atoms with Crippen molar-refractivity contribution in [2.45, 2.75) is 39.7 Å². The average molecular weight is 223 g/mol. The van der Waals surface area contributed by atoms with E-state index in [1.165, 1.54) is 17.1 Å². The normalized spacial score (nSPS) is 17.4. The first kappa shape index (κ1) is 12.6. The molecule has 1 heterocycles. The second-order valence-corrected chi connectivity index (χ2v) is 4.39. The van der Waals surface area contributed by atoms with Crippen LogP contribution in [-0.4, -0.2) is 28.5 Å². The number of hydrogen-bond acceptors (Lipinski definition) is 3. The SMILES string of the molecule is CC(C)C(=O)CCC(C)N1C(=O)C=CC1=O. The third-order valence-corrected chi connectivity index (χ3v) is 2.74. The lowest BCUT2D eigenvalue weighted by molar-refractivity contribution is -0.139. The Morgan fingerprint density at radius 1 is 1.19 bits per heavy atom. The molecule has 0 radical (unpaired) electrons. The molecule has 1 aliphatic heterocycles. The van der Waals surface area contributed by atoms with Crippen LogP contribution < -0.4 is 0 Å². The standard InChI is InChI=1S/C12H17NO3/c1-8(2)10(14)5-4-9(3)13-11(15)6-7-12(13)16/h6-9H,4-5H2,1-3H3. The third kappa shape index (κ3) is 2.78. The summed E-state index contributed by atoms with van der Waals surface area (Å²) in [7, 11) is 0. The number of nitrogens with zero attached hydrogens (tertiary/aromatic N) is 1. The Morgan fingerprint density at radius 2 is 1.69 bits per heavy atom. The van der Waals surface area contributed by atoms with E-state index in [1.807, 2.05) is 13.8 Å². The molecule has 2 amide bonds. The molecule has 0 spiro atoms. The number of carbonyl (C=O) groups excluding carboxylic acids is 3. The van der Waals surface area contributed by atoms with Crippen molar-refractivity contribution in [3.05, 3.63) is 12.2 Å². The highest BCUT2D eigenvalue weighted by atomic mass is 16.2. The Labute approximate surface area is 95.3 Å². The third-order valence-electron chi connectivity index (χ3n) is 2.74. The number of Topliss-reactive ketones (excluding diaryl/α,β-unsaturated/α-hetero) is 1. The highest BCUT2D eigenvalue weighted by Gasteiger charge is 2.28. The highest BCUT2D eigenvalue weighted by molar-refractivity contribution is 6.13. The van der Waals surface area contributed by atoms with Gasteiger partial charge in [-0.2, -0.15) is 0 Å². The van der Waals surface area contributed by atoms with Crippen molar-refractivity contribution in [3.8, 4) is 0 Å². The minimum atomic E-state index is -0.283. The minimum absolute atomic E-state index is 0.00954. The molecule has 0 saturated heterocycles. The molecule has 1 aliphatic rings. The molecule has 0 fully saturated rings. The van der Waals surface area contributed by atoms with Crippen LogP contribution in [0.4, 0.5) is 0 Å². The van der Waals surface area contributed by atoms with Gasteiger partial charge in [-0.15, -0.1) is 0 Å². The van der Waals surface area contributed by atoms with E-state index in [4.69, 9.17) is 0 Å². The second-order valence-electron chi connectivity index (χ2n) is 4.39. The Bertz CT molecular complexity index is 326. The van der Waals surface area contributed by atoms with Crippen LogP contribution in [-0.2, 0) is 14.4 Å². The van der Waals surface area contributed by atoms with E-state index in [-0.39, 0.29) is 29.6 Å². The van der Waals surface area contributed by atoms with E-state index in [0.29, 0.717) is 12.8 Å². The fourth-order valence-corrected chi connectivity index (χ4v) is 1.62. The first-order chi connectivity index (χ1) is 7.43. The summed E-state index contributed by atoms with van der Waals surface area (Å²) >= 11 is 0. The number of carbonyl (C=O) groups is 3. The molecular weight excluding hydrogens is 206 g/mol. The molecular formula is C12H17NO3. The summed E-state index contributed by atoms with van der Waals surface area (Å²) in [4.78, 5) is 35.3. The maximum Gasteiger partial charge on any atom is 0.253 e. The summed E-state index contributed by atoms with van der Waals surface area (Å²) in [6, 6.07) is -0.210. The van der Waals surface area contributed by atoms with Crippen molar-refractivity contribution in [3.63, 3.8) is 0 Å². The van der Waals surface area contributed by atoms with Gasteiger partial charge in [0.1, 0.15) is 5.78 Å². The minimum Gasteiger partial charge on any atom is -0.299 e. The molecule has 1 atom stereocenters. The van der Waals surface area contributed by atoms with Crippen LogP contribution in [0.15, 0.2) is 12.2 Å². The van der Waals surface area contributed by atoms with Gasteiger partial charge in [-0.25, -0.2) is 0 Å². The van der Waals surface area contributed by atoms with Gasteiger partial charge in [0.15, 0.2) is 0 Å². The van der Waals surface area contributed by atoms with Crippen LogP contribution in [0, 0.1) is 5.92 Å². The predicted octanol–water partition coefficient (Wildman–Crippen LogP) is 1.31. The molecule has 4 heteroatoms. The lowest BCUT2D eigenvalue weighted by Crippen LogP contribution is -2.38. The summed E-state index contributed by atoms with van der Waals surface area (Å²) in [6.07, 6.45) is 3.48. The van der Waals surface area contributed by atoms with Gasteiger partial charge in [0, 0.05) is 30.5 Å². The van der Waals surface area contributed by atoms with Gasteiger partial charge >= 0.3 is 0 Å². The summed E-state index contributed by atoms with van der Waals surface area (Å²) in [5.41, 5.74) is 0. The van der Waals surface area contributed by atoms with Gasteiger partial charge in [0.05, 0.1) is 0 Å². The second kappa shape index (κ2) is 5.05. The summed E-state index contributed by atoms with van der Waals surface area (Å²) in [5, 5.41) is 0. The molecule has 1 unspecified atom stereocenters. The zero-order valence-corrected chi connectivity index (χ0v) is 9.90. The molecule has 0 N–H and O–H groups in total. The molecule has 0 aromatic rings. The van der Waals surface area contributed by atoms with Crippen molar-refractivity contribution in [2.24, 2.45) is 5.92 Å². The van der Waals surface area contributed by atoms with Crippen LogP contribution in [0.3, 0.4) is 0 Å². The van der Waals surface area contributed by atoms with Crippen molar-refractivity contribution < 1.29 is 14.4 Å². The Hall–Kier alpha value is -1.45. The molecule has 0 aliphatic carbocycles. The number of ketones is 1. The van der Waals surface area contributed by atoms with Crippen molar-refractivity contribution >= 4 is 17.6 Å². The molecule has 0 aromatic heterocycles. The molecule has 88 valence electrons. The highest BCUT2D eigenvalue weighted by Crippen LogP contribution is 2.14. The van der Waals surface area contributed by atoms with Crippen LogP contribution in [0.25, 0.3) is 0 Å². The first-order valence-electron chi connectivity index (χ1n) is 5.51. The molecule has 0 aromatic carbocycles. The summed E-state index contributed by atoms with van der Waals surface area (Å²) in [5.74, 6) is -0.391. The van der Waals surface area contributed by atoms with Crippen LogP contribution in [0.2, 0.25) is 0 Å². The van der Waals surface area contributed by atoms with Crippen molar-refractivity contribution in [1.29, 1.82) is 0 Å². The Kier molecular flexibility index (Phi) is 3.99. The van der Waals surface area contributed by atoms with Gasteiger partial charge in [0.2, 0.25) is 0 Å². The quantitative estimate of drug-likeness (QED) is 0.660. The van der Waals surface area contributed by atoms with E-state index < -0.39 is 0 Å². The molecule has 16 heavy (non-hydrogen) atoms. The van der Waals surface area contributed by atoms with E-state index in [0.717, 1.165) is 0 Å². The monoisotopic (exact) mass is 223 g/mol. The van der Waals surface area contributed by atoms with Gasteiger partial charge in [-0.3, -0.25) is 19.3 Å². The number of rotatable bonds is 5. The molecule has 0 saturated carbocycles. The van der Waals surface area contributed by atoms with E-state index in [1.54, 1.807) is 6.92 Å². The Morgan fingerprint density at radius 3 is 2.12 bits per heavy atom. The first-order valence-corrected chi connectivity index (χ1v) is 5.51. The average Bonchev–Trinajstić information content (AvgIpc) is 2.54. The zero-order valence-electron chi connectivity index (χ0n) is 9.90. The van der Waals surface area contributed by atoms with Crippen LogP contribution >= 0.6 is 0 Å². The fourth-order valence-electron chi connectivity index (χ4n) is 1.62. The number of imide groups is 1. The zero-order chi connectivity index (χ0) is 12.3. The lowest BCUT2D eigenvalue weighted by Gasteiger charge is -2.22. The maximum atomic E-state index is 11.4. The predicted molar refractivity (Wildman–Crippen MR) is 59.5 cm³/mol. The van der Waals surface area contributed by atoms with Gasteiger partial charge in [0.25, 0.3) is 11.8 Å². The topological polar surface area (TPSA) is 54.5 Å². The molecule has 1 rings (SSSR count). The van der Waals surface area contributed by atoms with E-state index in [9.17, 15) is 14.4 Å². The largest absolute Gasteiger partial charge is 0.299 e. The maximum absolute atomic E-state index is 11.4. The number of amides is 2. The van der Waals surface area contributed by atoms with Gasteiger partial charge < -0.3 is 0 Å². The molecule has 4 nitrogen and oxygen atoms in total. The molecule has 0 bridgehead atoms. The van der Waals surface area contributed by atoms with E-state index in [2.05, 4.69) is 0 Å². The van der Waals surface area contributed by atoms with Crippen LogP contribution in [0.5, 0.6) is 0 Å². The van der Waals surface area contributed by atoms with Crippen LogP contribution in [0.1, 0.15) is 33.6 Å². The van der Waals surface area contributed by atoms with Crippen molar-refractivity contribution in [2.75, 3.05) is 0 Å². The number of hydrogen-bond donors (Lipinski definition) is 0. The summed E-state index contributed by atoms with van der Waals surface area (Å²) < 4.78 is 0. The van der Waals surface area contributed by atoms with E-state index >= 15 is 0 Å². The Balaban J connectivity index is 2.47. The summed E-state index contributed by atoms with van der Waals surface area (Å²) in [6.45, 7) is 5.48. The smallest absolute Gasteiger partial charge is 0.253 e. The van der Waals surface area contributed by atoms with Gasteiger partial charge in [-0.1, -0.05) is 13.8 Å². The lowest BCUT2D eigenvalue weighted by atomic mass is 10.0. The fraction of sp³-hybridized carbons (Fsp3) is 0.583. The van der Waals surface area contributed by atoms with Crippen molar-refractivity contribution in [1.82, 2.24) is 4.90 Å².